The van der Waals surface area contributed by atoms with Crippen molar-refractivity contribution < 1.29 is 14.3 Å². The number of carbonyl (C=O) groups is 1. The highest BCUT2D eigenvalue weighted by Crippen LogP contribution is 2.08. The van der Waals surface area contributed by atoms with E-state index in [0.717, 1.165) is 25.7 Å². The molecule has 3 nitrogen and oxygen atoms in total. The quantitative estimate of drug-likeness (QED) is 0.320. The maximum atomic E-state index is 10.9. The summed E-state index contributed by atoms with van der Waals surface area (Å²) < 4.78 is 9.75. The summed E-state index contributed by atoms with van der Waals surface area (Å²) in [7, 11) is 3.19. The van der Waals surface area contributed by atoms with Crippen LogP contribution in [-0.4, -0.2) is 26.3 Å². The monoisotopic (exact) mass is 256 g/mol. The Hall–Kier alpha value is -0.830. The average molecular weight is 256 g/mol. The Morgan fingerprint density at radius 2 is 1.72 bits per heavy atom. The van der Waals surface area contributed by atoms with Gasteiger partial charge in [-0.25, -0.2) is 0 Å². The molecule has 0 N–H and O–H groups in total. The van der Waals surface area contributed by atoms with E-state index in [2.05, 4.69) is 23.8 Å². The van der Waals surface area contributed by atoms with Gasteiger partial charge in [-0.05, 0) is 32.6 Å². The first-order valence-corrected chi connectivity index (χ1v) is 6.95. The summed E-state index contributed by atoms with van der Waals surface area (Å²) in [5, 5.41) is 0. The first-order valence-electron chi connectivity index (χ1n) is 6.95. The lowest BCUT2D eigenvalue weighted by Gasteiger charge is -2.04. The van der Waals surface area contributed by atoms with E-state index in [-0.39, 0.29) is 5.97 Å². The van der Waals surface area contributed by atoms with Crippen molar-refractivity contribution in [1.29, 1.82) is 0 Å². The summed E-state index contributed by atoms with van der Waals surface area (Å²) in [5.74, 6) is -0.0924. The smallest absolute Gasteiger partial charge is 0.305 e. The van der Waals surface area contributed by atoms with Crippen molar-refractivity contribution in [3.63, 3.8) is 0 Å². The molecular weight excluding hydrogens is 228 g/mol. The molecule has 0 heterocycles. The Morgan fingerprint density at radius 3 is 2.39 bits per heavy atom. The van der Waals surface area contributed by atoms with Crippen LogP contribution in [0.2, 0.25) is 0 Å². The zero-order chi connectivity index (χ0) is 13.6. The number of carbonyl (C=O) groups excluding carboxylic acids is 1. The Balaban J connectivity index is 3.18. The van der Waals surface area contributed by atoms with Gasteiger partial charge in [-0.3, -0.25) is 4.79 Å². The van der Waals surface area contributed by atoms with E-state index < -0.39 is 0 Å². The van der Waals surface area contributed by atoms with Gasteiger partial charge in [0.2, 0.25) is 0 Å². The van der Waals surface area contributed by atoms with Crippen LogP contribution in [0, 0.1) is 0 Å². The molecule has 0 saturated carbocycles. The minimum Gasteiger partial charge on any atom is -0.469 e. The third kappa shape index (κ3) is 11.6. The second-order valence-corrected chi connectivity index (χ2v) is 4.64. The highest BCUT2D eigenvalue weighted by Gasteiger charge is 1.98. The molecule has 0 amide bonds. The molecule has 0 aliphatic carbocycles. The van der Waals surface area contributed by atoms with Crippen LogP contribution in [0.3, 0.4) is 0 Å². The minimum atomic E-state index is -0.0924. The van der Waals surface area contributed by atoms with Crippen LogP contribution in [0.1, 0.15) is 58.3 Å². The van der Waals surface area contributed by atoms with Crippen LogP contribution >= 0.6 is 0 Å². The summed E-state index contributed by atoms with van der Waals surface area (Å²) in [5.41, 5.74) is 0. The second kappa shape index (κ2) is 12.6. The van der Waals surface area contributed by atoms with Gasteiger partial charge >= 0.3 is 5.97 Å². The molecule has 0 aromatic carbocycles. The zero-order valence-corrected chi connectivity index (χ0v) is 12.1. The third-order valence-electron chi connectivity index (χ3n) is 3.02. The number of ether oxygens (including phenoxy) is 2. The Labute approximate surface area is 112 Å². The van der Waals surface area contributed by atoms with E-state index >= 15 is 0 Å². The summed E-state index contributed by atoms with van der Waals surface area (Å²) >= 11 is 0. The van der Waals surface area contributed by atoms with Crippen LogP contribution in [0.5, 0.6) is 0 Å². The fraction of sp³-hybridized carbons (Fsp3) is 0.800. The van der Waals surface area contributed by atoms with Crippen molar-refractivity contribution in [2.45, 2.75) is 64.4 Å². The number of allylic oxidation sites excluding steroid dienone is 1. The number of methoxy groups -OCH3 is 2. The maximum absolute atomic E-state index is 10.9. The largest absolute Gasteiger partial charge is 0.469 e. The minimum absolute atomic E-state index is 0.0924. The lowest BCUT2D eigenvalue weighted by molar-refractivity contribution is -0.140. The van der Waals surface area contributed by atoms with Gasteiger partial charge in [-0.1, -0.05) is 31.4 Å². The molecule has 0 aromatic heterocycles. The number of rotatable bonds is 11. The third-order valence-corrected chi connectivity index (χ3v) is 3.02. The molecule has 3 heteroatoms. The topological polar surface area (TPSA) is 35.5 Å². The zero-order valence-electron chi connectivity index (χ0n) is 12.1. The van der Waals surface area contributed by atoms with E-state index in [9.17, 15) is 4.79 Å². The highest BCUT2D eigenvalue weighted by atomic mass is 16.5. The van der Waals surface area contributed by atoms with E-state index in [0.29, 0.717) is 12.5 Å². The molecule has 0 aliphatic heterocycles. The molecule has 0 rings (SSSR count). The summed E-state index contributed by atoms with van der Waals surface area (Å²) in [6.07, 6.45) is 13.2. The van der Waals surface area contributed by atoms with Gasteiger partial charge in [0.1, 0.15) is 0 Å². The van der Waals surface area contributed by atoms with Gasteiger partial charge in [-0.2, -0.15) is 0 Å². The van der Waals surface area contributed by atoms with Gasteiger partial charge in [0.25, 0.3) is 0 Å². The van der Waals surface area contributed by atoms with Gasteiger partial charge in [0.05, 0.1) is 13.2 Å². The molecule has 0 aliphatic rings. The van der Waals surface area contributed by atoms with Crippen LogP contribution in [0.25, 0.3) is 0 Å². The van der Waals surface area contributed by atoms with E-state index in [4.69, 9.17) is 4.74 Å². The molecule has 0 bridgehead atoms. The van der Waals surface area contributed by atoms with Crippen LogP contribution in [0.15, 0.2) is 12.2 Å². The fourth-order valence-electron chi connectivity index (χ4n) is 1.67. The Kier molecular flexibility index (Phi) is 12.0. The Morgan fingerprint density at radius 1 is 1.06 bits per heavy atom. The van der Waals surface area contributed by atoms with Crippen molar-refractivity contribution in [3.05, 3.63) is 12.2 Å². The van der Waals surface area contributed by atoms with Crippen LogP contribution < -0.4 is 0 Å². The van der Waals surface area contributed by atoms with Gasteiger partial charge < -0.3 is 9.47 Å². The summed E-state index contributed by atoms with van der Waals surface area (Å²) in [4.78, 5) is 10.9. The molecule has 0 fully saturated rings. The first kappa shape index (κ1) is 17.2. The van der Waals surface area contributed by atoms with Gasteiger partial charge in [0, 0.05) is 13.5 Å². The van der Waals surface area contributed by atoms with Gasteiger partial charge in [0.15, 0.2) is 0 Å². The van der Waals surface area contributed by atoms with E-state index in [1.807, 2.05) is 0 Å². The molecule has 1 atom stereocenters. The normalized spacial score (nSPS) is 12.8. The molecule has 0 radical (unpaired) electrons. The van der Waals surface area contributed by atoms with Crippen molar-refractivity contribution in [2.75, 3.05) is 14.2 Å². The standard InChI is InChI=1S/C15H28O3/c1-14(17-2)12-10-8-6-4-5-7-9-11-13-15(16)18-3/h8,10,14H,4-7,9,11-13H2,1-3H3/b10-8-. The van der Waals surface area contributed by atoms with E-state index in [1.165, 1.54) is 26.4 Å². The molecule has 0 saturated heterocycles. The first-order chi connectivity index (χ1) is 8.70. The lowest BCUT2D eigenvalue weighted by Crippen LogP contribution is -2.01. The molecule has 18 heavy (non-hydrogen) atoms. The SMILES string of the molecule is COC(=O)CCCCCCC/C=C\CC(C)OC. The van der Waals surface area contributed by atoms with Crippen LogP contribution in [0.4, 0.5) is 0 Å². The van der Waals surface area contributed by atoms with Gasteiger partial charge in [-0.15, -0.1) is 0 Å². The second-order valence-electron chi connectivity index (χ2n) is 4.64. The van der Waals surface area contributed by atoms with Crippen LogP contribution in [-0.2, 0) is 14.3 Å². The van der Waals surface area contributed by atoms with Crippen molar-refractivity contribution in [2.24, 2.45) is 0 Å². The van der Waals surface area contributed by atoms with E-state index in [1.54, 1.807) is 7.11 Å². The molecule has 0 aromatic rings. The van der Waals surface area contributed by atoms with Crippen molar-refractivity contribution >= 4 is 5.97 Å². The predicted molar refractivity (Wildman–Crippen MR) is 74.6 cm³/mol. The van der Waals surface area contributed by atoms with Crippen molar-refractivity contribution in [3.8, 4) is 0 Å². The molecular formula is C15H28O3. The fourth-order valence-corrected chi connectivity index (χ4v) is 1.67. The number of hydrogen-bond acceptors (Lipinski definition) is 3. The molecule has 106 valence electrons. The number of hydrogen-bond donors (Lipinski definition) is 0. The lowest BCUT2D eigenvalue weighted by atomic mass is 10.1. The summed E-state index contributed by atoms with van der Waals surface area (Å²) in [6.45, 7) is 2.08. The number of unbranched alkanes of at least 4 members (excludes halogenated alkanes) is 5. The average Bonchev–Trinajstić information content (AvgIpc) is 2.40. The van der Waals surface area contributed by atoms with Crippen molar-refractivity contribution in [1.82, 2.24) is 0 Å². The molecule has 1 unspecified atom stereocenters. The Bertz CT molecular complexity index is 224. The summed E-state index contributed by atoms with van der Waals surface area (Å²) in [6, 6.07) is 0. The highest BCUT2D eigenvalue weighted by molar-refractivity contribution is 5.68. The predicted octanol–water partition coefficient (Wildman–Crippen LogP) is 3.87. The maximum Gasteiger partial charge on any atom is 0.305 e. The molecule has 0 spiro atoms. The number of esters is 1.